The predicted octanol–water partition coefficient (Wildman–Crippen LogP) is 5.38. The molecule has 2 aromatic carbocycles. The lowest BCUT2D eigenvalue weighted by molar-refractivity contribution is 0.0623. The number of ether oxygens (including phenoxy) is 1. The van der Waals surface area contributed by atoms with E-state index in [4.69, 9.17) is 4.74 Å². The van der Waals surface area contributed by atoms with Crippen molar-refractivity contribution in [2.45, 2.75) is 71.4 Å². The first kappa shape index (κ1) is 25.2. The molecule has 0 atom stereocenters. The second-order valence-electron chi connectivity index (χ2n) is 11.8. The van der Waals surface area contributed by atoms with Crippen molar-refractivity contribution in [2.75, 3.05) is 13.1 Å². The summed E-state index contributed by atoms with van der Waals surface area (Å²) in [5.74, 6) is 0.614. The Morgan fingerprint density at radius 1 is 0.919 bits per heavy atom. The molecule has 0 spiro atoms. The number of hydrogen-bond acceptors (Lipinski definition) is 4. The van der Waals surface area contributed by atoms with Crippen molar-refractivity contribution in [1.82, 2.24) is 14.5 Å². The van der Waals surface area contributed by atoms with E-state index in [1.807, 2.05) is 45.9 Å². The third-order valence-electron chi connectivity index (χ3n) is 7.64. The lowest BCUT2D eigenvalue weighted by Crippen LogP contribution is -2.47. The molecular weight excluding hydrogens is 462 g/mol. The maximum Gasteiger partial charge on any atom is 0.316 e. The van der Waals surface area contributed by atoms with Crippen LogP contribution in [0.25, 0.3) is 0 Å². The Kier molecular flexibility index (Phi) is 6.93. The van der Waals surface area contributed by atoms with E-state index < -0.39 is 5.56 Å². The van der Waals surface area contributed by atoms with Crippen molar-refractivity contribution in [3.8, 4) is 5.75 Å². The van der Waals surface area contributed by atoms with Crippen molar-refractivity contribution < 1.29 is 9.53 Å². The predicted molar refractivity (Wildman–Crippen MR) is 145 cm³/mol. The molecule has 1 fully saturated rings. The maximum atomic E-state index is 13.9. The van der Waals surface area contributed by atoms with Gasteiger partial charge in [-0.3, -0.25) is 9.59 Å². The summed E-state index contributed by atoms with van der Waals surface area (Å²) in [7, 11) is 0. The van der Waals surface area contributed by atoms with E-state index in [-0.39, 0.29) is 29.1 Å². The highest BCUT2D eigenvalue weighted by Gasteiger charge is 2.39. The van der Waals surface area contributed by atoms with Crippen LogP contribution in [0.1, 0.15) is 73.9 Å². The Morgan fingerprint density at radius 3 is 2.22 bits per heavy atom. The van der Waals surface area contributed by atoms with E-state index >= 15 is 0 Å². The summed E-state index contributed by atoms with van der Waals surface area (Å²) in [6.45, 7) is 8.39. The van der Waals surface area contributed by atoms with Crippen LogP contribution in [0.3, 0.4) is 0 Å². The molecule has 37 heavy (non-hydrogen) atoms. The Balaban J connectivity index is 1.57. The van der Waals surface area contributed by atoms with E-state index in [2.05, 4.69) is 50.0 Å². The highest BCUT2D eigenvalue weighted by atomic mass is 16.5. The minimum atomic E-state index is -0.454. The fraction of sp³-hybridized carbons (Fsp3) is 0.452. The van der Waals surface area contributed by atoms with Gasteiger partial charge >= 0.3 is 5.56 Å². The molecule has 1 aliphatic heterocycles. The zero-order valence-corrected chi connectivity index (χ0v) is 22.2. The molecule has 2 aliphatic rings. The average molecular weight is 500 g/mol. The fourth-order valence-electron chi connectivity index (χ4n) is 5.94. The average Bonchev–Trinajstić information content (AvgIpc) is 3.35. The molecule has 0 N–H and O–H groups in total. The number of hydrogen-bond donors (Lipinski definition) is 0. The summed E-state index contributed by atoms with van der Waals surface area (Å²) in [5.41, 5.74) is 2.00. The van der Waals surface area contributed by atoms with Gasteiger partial charge in [0.25, 0.3) is 5.91 Å². The zero-order valence-electron chi connectivity index (χ0n) is 22.2. The van der Waals surface area contributed by atoms with Gasteiger partial charge in [-0.15, -0.1) is 0 Å². The van der Waals surface area contributed by atoms with Crippen molar-refractivity contribution in [3.63, 3.8) is 0 Å². The summed E-state index contributed by atoms with van der Waals surface area (Å²) in [6, 6.07) is 20.3. The summed E-state index contributed by atoms with van der Waals surface area (Å²) in [4.78, 5) is 33.8. The van der Waals surface area contributed by atoms with E-state index in [9.17, 15) is 9.59 Å². The molecule has 1 aliphatic carbocycles. The van der Waals surface area contributed by atoms with Crippen molar-refractivity contribution >= 4 is 5.91 Å². The van der Waals surface area contributed by atoms with Crippen LogP contribution in [0.5, 0.6) is 5.75 Å². The first-order valence-electron chi connectivity index (χ1n) is 13.4. The number of rotatable bonds is 7. The molecule has 2 heterocycles. The topological polar surface area (TPSA) is 64.4 Å². The molecule has 1 amide bonds. The molecule has 0 radical (unpaired) electrons. The van der Waals surface area contributed by atoms with Gasteiger partial charge in [-0.05, 0) is 29.4 Å². The number of nitrogens with zero attached hydrogens (tertiary/aromatic N) is 3. The van der Waals surface area contributed by atoms with E-state index in [1.165, 1.54) is 5.56 Å². The molecule has 0 unspecified atom stereocenters. The minimum absolute atomic E-state index is 0.0553. The second kappa shape index (κ2) is 10.2. The van der Waals surface area contributed by atoms with Gasteiger partial charge < -0.3 is 14.2 Å². The van der Waals surface area contributed by atoms with Crippen LogP contribution in [-0.2, 0) is 25.0 Å². The van der Waals surface area contributed by atoms with Gasteiger partial charge in [0, 0.05) is 31.5 Å². The van der Waals surface area contributed by atoms with Gasteiger partial charge in [-0.2, -0.15) is 4.98 Å². The van der Waals surface area contributed by atoms with Gasteiger partial charge in [0.15, 0.2) is 5.69 Å². The Morgan fingerprint density at radius 2 is 1.57 bits per heavy atom. The van der Waals surface area contributed by atoms with Crippen molar-refractivity contribution in [1.29, 1.82) is 0 Å². The lowest BCUT2D eigenvalue weighted by atomic mass is 9.76. The zero-order chi connectivity index (χ0) is 26.0. The van der Waals surface area contributed by atoms with Gasteiger partial charge in [-0.1, -0.05) is 94.3 Å². The molecule has 194 valence electrons. The quantitative estimate of drug-likeness (QED) is 0.438. The smallest absolute Gasteiger partial charge is 0.316 e. The number of carbonyl (C=O) groups excluding carboxylic acids is 1. The standard InChI is InChI=1S/C31H37N3O3/c1-30(2,3)22-33-18-19-34-25(20-31(16-10-11-17-31)24-14-8-5-9-15-24)32-28(35)27(26(34)29(33)36)37-21-23-12-6-4-7-13-23/h4-9,12-15H,10-11,16-22H2,1-3H3. The Hall–Kier alpha value is -3.41. The van der Waals surface area contributed by atoms with Gasteiger partial charge in [0.1, 0.15) is 12.4 Å². The van der Waals surface area contributed by atoms with Crippen molar-refractivity contribution in [3.05, 3.63) is 93.7 Å². The normalized spacial score (nSPS) is 17.1. The molecule has 5 rings (SSSR count). The number of benzene rings is 2. The summed E-state index contributed by atoms with van der Waals surface area (Å²) in [5, 5.41) is 0. The third-order valence-corrected chi connectivity index (χ3v) is 7.64. The highest BCUT2D eigenvalue weighted by molar-refractivity contribution is 5.96. The first-order chi connectivity index (χ1) is 17.8. The minimum Gasteiger partial charge on any atom is -0.481 e. The summed E-state index contributed by atoms with van der Waals surface area (Å²) in [6.07, 6.45) is 5.06. The van der Waals surface area contributed by atoms with Crippen LogP contribution < -0.4 is 10.3 Å². The van der Waals surface area contributed by atoms with E-state index in [0.29, 0.717) is 37.6 Å². The molecule has 0 bridgehead atoms. The highest BCUT2D eigenvalue weighted by Crippen LogP contribution is 2.43. The maximum absolute atomic E-state index is 13.9. The second-order valence-corrected chi connectivity index (χ2v) is 11.8. The van der Waals surface area contributed by atoms with Crippen LogP contribution in [0.15, 0.2) is 65.5 Å². The number of aromatic nitrogens is 2. The van der Waals surface area contributed by atoms with Crippen LogP contribution in [0.4, 0.5) is 0 Å². The lowest BCUT2D eigenvalue weighted by Gasteiger charge is -2.37. The van der Waals surface area contributed by atoms with Crippen LogP contribution >= 0.6 is 0 Å². The number of amides is 1. The van der Waals surface area contributed by atoms with Crippen LogP contribution in [0.2, 0.25) is 0 Å². The largest absolute Gasteiger partial charge is 0.481 e. The van der Waals surface area contributed by atoms with Gasteiger partial charge in [-0.25, -0.2) is 0 Å². The molecular formula is C31H37N3O3. The van der Waals surface area contributed by atoms with Crippen LogP contribution in [-0.4, -0.2) is 33.4 Å². The summed E-state index contributed by atoms with van der Waals surface area (Å²) >= 11 is 0. The Bertz CT molecular complexity index is 1300. The Labute approximate surface area is 219 Å². The van der Waals surface area contributed by atoms with Crippen molar-refractivity contribution in [2.24, 2.45) is 5.41 Å². The molecule has 1 saturated carbocycles. The number of carbonyl (C=O) groups is 1. The van der Waals surface area contributed by atoms with Gasteiger partial charge in [0.05, 0.1) is 0 Å². The first-order valence-corrected chi connectivity index (χ1v) is 13.4. The molecule has 6 heteroatoms. The molecule has 3 aromatic rings. The molecule has 6 nitrogen and oxygen atoms in total. The molecule has 1 aromatic heterocycles. The fourth-order valence-corrected chi connectivity index (χ4v) is 5.94. The van der Waals surface area contributed by atoms with Crippen LogP contribution in [0, 0.1) is 5.41 Å². The van der Waals surface area contributed by atoms with E-state index in [0.717, 1.165) is 31.2 Å². The molecule has 0 saturated heterocycles. The third kappa shape index (κ3) is 5.34. The number of fused-ring (bicyclic) bond motifs is 1. The van der Waals surface area contributed by atoms with Gasteiger partial charge in [0.2, 0.25) is 5.75 Å². The van der Waals surface area contributed by atoms with E-state index in [1.54, 1.807) is 0 Å². The SMILES string of the molecule is CC(C)(C)CN1CCn2c(CC3(c4ccccc4)CCCC3)nc(=O)c(OCc3ccccc3)c2C1=O. The summed E-state index contributed by atoms with van der Waals surface area (Å²) < 4.78 is 8.04. The monoisotopic (exact) mass is 499 g/mol.